The summed E-state index contributed by atoms with van der Waals surface area (Å²) < 4.78 is 0. The molecule has 4 nitrogen and oxygen atoms in total. The standard InChI is InChI=1S/C21H24N2O2/c1-3-21(2)20(25)23(15-17-12-8-5-9-13-17)18(19(24)22-21)14-16-10-6-4-7-11-16/h4-13,18H,3,14-15H2,1-2H3,(H,22,24). The number of benzene rings is 2. The molecule has 4 heteroatoms. The van der Waals surface area contributed by atoms with E-state index in [2.05, 4.69) is 5.32 Å². The first-order chi connectivity index (χ1) is 12.0. The third-order valence-corrected chi connectivity index (χ3v) is 4.99. The van der Waals surface area contributed by atoms with Crippen LogP contribution < -0.4 is 5.32 Å². The van der Waals surface area contributed by atoms with Crippen molar-refractivity contribution in [3.8, 4) is 0 Å². The summed E-state index contributed by atoms with van der Waals surface area (Å²) >= 11 is 0. The molecule has 130 valence electrons. The number of hydrogen-bond acceptors (Lipinski definition) is 2. The van der Waals surface area contributed by atoms with Crippen LogP contribution in [0, 0.1) is 0 Å². The van der Waals surface area contributed by atoms with Crippen LogP contribution in [0.5, 0.6) is 0 Å². The van der Waals surface area contributed by atoms with E-state index >= 15 is 0 Å². The maximum absolute atomic E-state index is 13.1. The number of amides is 2. The Labute approximate surface area is 148 Å². The minimum Gasteiger partial charge on any atom is -0.340 e. The summed E-state index contributed by atoms with van der Waals surface area (Å²) in [6, 6.07) is 19.2. The molecule has 2 atom stereocenters. The van der Waals surface area contributed by atoms with Crippen molar-refractivity contribution in [1.82, 2.24) is 10.2 Å². The molecule has 0 spiro atoms. The second-order valence-corrected chi connectivity index (χ2v) is 6.80. The quantitative estimate of drug-likeness (QED) is 0.913. The molecule has 1 saturated heterocycles. The molecule has 2 amide bonds. The van der Waals surface area contributed by atoms with E-state index in [1.54, 1.807) is 4.90 Å². The molecule has 0 aliphatic carbocycles. The molecular formula is C21H24N2O2. The molecule has 0 aromatic heterocycles. The van der Waals surface area contributed by atoms with Crippen molar-refractivity contribution < 1.29 is 9.59 Å². The van der Waals surface area contributed by atoms with E-state index in [1.165, 1.54) is 0 Å². The Morgan fingerprint density at radius 2 is 1.52 bits per heavy atom. The molecule has 1 N–H and O–H groups in total. The highest BCUT2D eigenvalue weighted by molar-refractivity contribution is 5.99. The molecule has 2 aromatic rings. The molecule has 2 unspecified atom stereocenters. The molecule has 1 heterocycles. The molecule has 0 bridgehead atoms. The lowest BCUT2D eigenvalue weighted by Crippen LogP contribution is -2.69. The van der Waals surface area contributed by atoms with E-state index in [9.17, 15) is 9.59 Å². The second kappa shape index (κ2) is 7.09. The van der Waals surface area contributed by atoms with Crippen molar-refractivity contribution in [2.45, 2.75) is 44.8 Å². The molecule has 0 saturated carbocycles. The fourth-order valence-corrected chi connectivity index (χ4v) is 3.25. The first kappa shape index (κ1) is 17.2. The van der Waals surface area contributed by atoms with Crippen LogP contribution in [-0.2, 0) is 22.6 Å². The van der Waals surface area contributed by atoms with E-state index in [-0.39, 0.29) is 11.8 Å². The van der Waals surface area contributed by atoms with Crippen LogP contribution >= 0.6 is 0 Å². The van der Waals surface area contributed by atoms with Crippen molar-refractivity contribution in [1.29, 1.82) is 0 Å². The average Bonchev–Trinajstić information content (AvgIpc) is 2.64. The van der Waals surface area contributed by atoms with Crippen molar-refractivity contribution in [2.75, 3.05) is 0 Å². The predicted molar refractivity (Wildman–Crippen MR) is 97.8 cm³/mol. The zero-order chi connectivity index (χ0) is 17.9. The minimum absolute atomic E-state index is 0.0145. The topological polar surface area (TPSA) is 49.4 Å². The lowest BCUT2D eigenvalue weighted by atomic mass is 9.89. The summed E-state index contributed by atoms with van der Waals surface area (Å²) in [5, 5.41) is 2.95. The number of carbonyl (C=O) groups is 2. The Balaban J connectivity index is 1.92. The van der Waals surface area contributed by atoms with Crippen LogP contribution in [0.25, 0.3) is 0 Å². The van der Waals surface area contributed by atoms with Gasteiger partial charge in [-0.1, -0.05) is 67.6 Å². The number of nitrogens with zero attached hydrogens (tertiary/aromatic N) is 1. The first-order valence-electron chi connectivity index (χ1n) is 8.74. The third-order valence-electron chi connectivity index (χ3n) is 4.99. The van der Waals surface area contributed by atoms with Gasteiger partial charge in [-0.05, 0) is 24.5 Å². The van der Waals surface area contributed by atoms with Crippen LogP contribution in [0.4, 0.5) is 0 Å². The molecule has 1 aliphatic heterocycles. The van der Waals surface area contributed by atoms with E-state index in [0.29, 0.717) is 19.4 Å². The van der Waals surface area contributed by atoms with Gasteiger partial charge in [0.2, 0.25) is 11.8 Å². The lowest BCUT2D eigenvalue weighted by molar-refractivity contribution is -0.155. The highest BCUT2D eigenvalue weighted by atomic mass is 16.2. The molecule has 3 rings (SSSR count). The Morgan fingerprint density at radius 1 is 0.960 bits per heavy atom. The van der Waals surface area contributed by atoms with Crippen LogP contribution in [0.2, 0.25) is 0 Å². The summed E-state index contributed by atoms with van der Waals surface area (Å²) in [4.78, 5) is 27.7. The Hall–Kier alpha value is -2.62. The van der Waals surface area contributed by atoms with Gasteiger partial charge in [-0.25, -0.2) is 0 Å². The average molecular weight is 336 g/mol. The monoisotopic (exact) mass is 336 g/mol. The van der Waals surface area contributed by atoms with E-state index in [0.717, 1.165) is 11.1 Å². The summed E-state index contributed by atoms with van der Waals surface area (Å²) in [5.41, 5.74) is 1.25. The largest absolute Gasteiger partial charge is 0.340 e. The van der Waals surface area contributed by atoms with Gasteiger partial charge in [-0.2, -0.15) is 0 Å². The van der Waals surface area contributed by atoms with Crippen molar-refractivity contribution in [2.24, 2.45) is 0 Å². The van der Waals surface area contributed by atoms with Crippen LogP contribution in [0.1, 0.15) is 31.4 Å². The number of nitrogens with one attached hydrogen (secondary N) is 1. The molecule has 2 aromatic carbocycles. The van der Waals surface area contributed by atoms with E-state index < -0.39 is 11.6 Å². The molecule has 0 radical (unpaired) electrons. The molecule has 1 fully saturated rings. The Kier molecular flexibility index (Phi) is 4.88. The van der Waals surface area contributed by atoms with Crippen LogP contribution in [0.15, 0.2) is 60.7 Å². The summed E-state index contributed by atoms with van der Waals surface area (Å²) in [6.45, 7) is 4.18. The van der Waals surface area contributed by atoms with Gasteiger partial charge in [0.1, 0.15) is 11.6 Å². The smallest absolute Gasteiger partial charge is 0.249 e. The predicted octanol–water partition coefficient (Wildman–Crippen LogP) is 2.93. The minimum atomic E-state index is -0.834. The van der Waals surface area contributed by atoms with Gasteiger partial charge >= 0.3 is 0 Å². The van der Waals surface area contributed by atoms with Gasteiger partial charge < -0.3 is 10.2 Å². The summed E-state index contributed by atoms with van der Waals surface area (Å²) in [5.74, 6) is -0.0943. The van der Waals surface area contributed by atoms with Gasteiger partial charge in [0.25, 0.3) is 0 Å². The zero-order valence-corrected chi connectivity index (χ0v) is 14.7. The second-order valence-electron chi connectivity index (χ2n) is 6.80. The van der Waals surface area contributed by atoms with Gasteiger partial charge in [-0.15, -0.1) is 0 Å². The fraction of sp³-hybridized carbons (Fsp3) is 0.333. The maximum Gasteiger partial charge on any atom is 0.249 e. The third kappa shape index (κ3) is 3.58. The van der Waals surface area contributed by atoms with Gasteiger partial charge in [0, 0.05) is 13.0 Å². The molecule has 1 aliphatic rings. The number of piperazine rings is 1. The van der Waals surface area contributed by atoms with Crippen molar-refractivity contribution in [3.63, 3.8) is 0 Å². The summed E-state index contributed by atoms with van der Waals surface area (Å²) in [6.07, 6.45) is 1.09. The highest BCUT2D eigenvalue weighted by Crippen LogP contribution is 2.25. The summed E-state index contributed by atoms with van der Waals surface area (Å²) in [7, 11) is 0. The molecular weight excluding hydrogens is 312 g/mol. The Bertz CT molecular complexity index is 745. The van der Waals surface area contributed by atoms with Crippen LogP contribution in [0.3, 0.4) is 0 Å². The normalized spacial score (nSPS) is 23.4. The number of carbonyl (C=O) groups excluding carboxylic acids is 2. The first-order valence-corrected chi connectivity index (χ1v) is 8.74. The van der Waals surface area contributed by atoms with Crippen LogP contribution in [-0.4, -0.2) is 28.3 Å². The highest BCUT2D eigenvalue weighted by Gasteiger charge is 2.46. The maximum atomic E-state index is 13.1. The lowest BCUT2D eigenvalue weighted by Gasteiger charge is -2.44. The number of rotatable bonds is 5. The fourth-order valence-electron chi connectivity index (χ4n) is 3.25. The van der Waals surface area contributed by atoms with Gasteiger partial charge in [0.05, 0.1) is 0 Å². The van der Waals surface area contributed by atoms with Crippen molar-refractivity contribution in [3.05, 3.63) is 71.8 Å². The van der Waals surface area contributed by atoms with E-state index in [1.807, 2.05) is 74.5 Å². The zero-order valence-electron chi connectivity index (χ0n) is 14.7. The van der Waals surface area contributed by atoms with Gasteiger partial charge in [0.15, 0.2) is 0 Å². The van der Waals surface area contributed by atoms with E-state index in [4.69, 9.17) is 0 Å². The Morgan fingerprint density at radius 3 is 2.08 bits per heavy atom. The SMILES string of the molecule is CCC1(C)NC(=O)C(Cc2ccccc2)N(Cc2ccccc2)C1=O. The molecule has 25 heavy (non-hydrogen) atoms. The number of hydrogen-bond donors (Lipinski definition) is 1. The van der Waals surface area contributed by atoms with Gasteiger partial charge in [-0.3, -0.25) is 9.59 Å². The van der Waals surface area contributed by atoms with Crippen molar-refractivity contribution >= 4 is 11.8 Å².